The largest absolute Gasteiger partial charge is 0.338 e. The van der Waals surface area contributed by atoms with Crippen LogP contribution in [0.3, 0.4) is 0 Å². The lowest BCUT2D eigenvalue weighted by molar-refractivity contribution is -0.126. The molecule has 1 atom stereocenters. The Morgan fingerprint density at radius 2 is 1.87 bits per heavy atom. The number of likely N-dealkylation sites (tertiary alicyclic amines) is 1. The molecule has 31 heavy (non-hydrogen) atoms. The number of amides is 3. The van der Waals surface area contributed by atoms with Gasteiger partial charge in [0, 0.05) is 19.5 Å². The van der Waals surface area contributed by atoms with Crippen LogP contribution < -0.4 is 10.6 Å². The number of carbonyl (C=O) groups is 2. The van der Waals surface area contributed by atoms with Crippen molar-refractivity contribution >= 4 is 11.9 Å². The zero-order chi connectivity index (χ0) is 22.3. The van der Waals surface area contributed by atoms with E-state index < -0.39 is 35.9 Å². The first-order chi connectivity index (χ1) is 14.7. The van der Waals surface area contributed by atoms with Crippen molar-refractivity contribution in [3.05, 3.63) is 35.4 Å². The normalized spacial score (nSPS) is 21.7. The standard InChI is InChI=1S/C24H29F2N3O2/c1-3-24(10-11-24)28-20(30)19(16-22(2,25)26)27-21(31)29-14-12-23(13-15-29)9-8-17-6-4-5-7-18(17)23/h1,4-7,19H,8-16H2,2H3,(H,27,31)(H,28,30)/t19-/m0/s1. The predicted octanol–water partition coefficient (Wildman–Crippen LogP) is 3.37. The molecule has 0 unspecified atom stereocenters. The van der Waals surface area contributed by atoms with Crippen molar-refractivity contribution in [3.8, 4) is 12.3 Å². The lowest BCUT2D eigenvalue weighted by atomic mass is 9.74. The van der Waals surface area contributed by atoms with Gasteiger partial charge in [-0.25, -0.2) is 13.6 Å². The molecule has 3 aliphatic rings. The summed E-state index contributed by atoms with van der Waals surface area (Å²) in [6.45, 7) is 1.81. The van der Waals surface area contributed by atoms with Gasteiger partial charge in [-0.15, -0.1) is 6.42 Å². The minimum Gasteiger partial charge on any atom is -0.338 e. The third-order valence-corrected chi connectivity index (χ3v) is 7.03. The minimum atomic E-state index is -3.10. The molecule has 3 amide bonds. The molecule has 1 heterocycles. The van der Waals surface area contributed by atoms with Gasteiger partial charge in [-0.2, -0.15) is 0 Å². The van der Waals surface area contributed by atoms with Crippen molar-refractivity contribution in [2.45, 2.75) is 74.8 Å². The quantitative estimate of drug-likeness (QED) is 0.705. The summed E-state index contributed by atoms with van der Waals surface area (Å²) in [7, 11) is 0. The number of hydrogen-bond acceptors (Lipinski definition) is 2. The summed E-state index contributed by atoms with van der Waals surface area (Å²) in [5.41, 5.74) is 2.09. The monoisotopic (exact) mass is 429 g/mol. The van der Waals surface area contributed by atoms with Crippen molar-refractivity contribution < 1.29 is 18.4 Å². The van der Waals surface area contributed by atoms with Gasteiger partial charge in [-0.05, 0) is 62.0 Å². The van der Waals surface area contributed by atoms with Crippen molar-refractivity contribution in [2.75, 3.05) is 13.1 Å². The van der Waals surface area contributed by atoms with Gasteiger partial charge in [-0.1, -0.05) is 30.2 Å². The number of piperidine rings is 1. The lowest BCUT2D eigenvalue weighted by Crippen LogP contribution is -2.56. The average molecular weight is 430 g/mol. The molecule has 1 aromatic carbocycles. The van der Waals surface area contributed by atoms with Crippen LogP contribution in [0.1, 0.15) is 56.6 Å². The zero-order valence-corrected chi connectivity index (χ0v) is 17.8. The third-order valence-electron chi connectivity index (χ3n) is 7.03. The van der Waals surface area contributed by atoms with E-state index in [1.54, 1.807) is 4.90 Å². The Morgan fingerprint density at radius 1 is 1.19 bits per heavy atom. The highest BCUT2D eigenvalue weighted by molar-refractivity contribution is 5.88. The first-order valence-corrected chi connectivity index (χ1v) is 11.0. The van der Waals surface area contributed by atoms with Crippen LogP contribution in [0.15, 0.2) is 24.3 Å². The minimum absolute atomic E-state index is 0.0890. The van der Waals surface area contributed by atoms with E-state index in [2.05, 4.69) is 40.8 Å². The SMILES string of the molecule is C#CC1(NC(=O)[C@H](CC(C)(F)F)NC(=O)N2CCC3(CCc4ccccc43)CC2)CC1. The van der Waals surface area contributed by atoms with Gasteiger partial charge in [0.15, 0.2) is 0 Å². The maximum atomic E-state index is 13.7. The van der Waals surface area contributed by atoms with E-state index in [4.69, 9.17) is 6.42 Å². The van der Waals surface area contributed by atoms with Gasteiger partial charge < -0.3 is 15.5 Å². The number of aryl methyl sites for hydroxylation is 1. The third kappa shape index (κ3) is 4.53. The Kier molecular flexibility index (Phi) is 5.45. The number of hydrogen-bond donors (Lipinski definition) is 2. The van der Waals surface area contributed by atoms with Gasteiger partial charge in [0.1, 0.15) is 11.6 Å². The van der Waals surface area contributed by atoms with Crippen LogP contribution in [0.25, 0.3) is 0 Å². The summed E-state index contributed by atoms with van der Waals surface area (Å²) in [6.07, 6.45) is 9.70. The van der Waals surface area contributed by atoms with Crippen LogP contribution in [0.2, 0.25) is 0 Å². The fraction of sp³-hybridized carbons (Fsp3) is 0.583. The maximum absolute atomic E-state index is 13.7. The molecule has 0 aromatic heterocycles. The Labute approximate surface area is 181 Å². The molecule has 166 valence electrons. The summed E-state index contributed by atoms with van der Waals surface area (Å²) in [4.78, 5) is 27.1. The number of urea groups is 1. The first-order valence-electron chi connectivity index (χ1n) is 11.0. The van der Waals surface area contributed by atoms with E-state index in [1.165, 1.54) is 11.1 Å². The molecule has 1 aromatic rings. The molecule has 4 rings (SSSR count). The maximum Gasteiger partial charge on any atom is 0.318 e. The van der Waals surface area contributed by atoms with Crippen LogP contribution in [-0.4, -0.2) is 47.4 Å². The zero-order valence-electron chi connectivity index (χ0n) is 17.8. The highest BCUT2D eigenvalue weighted by Crippen LogP contribution is 2.46. The summed E-state index contributed by atoms with van der Waals surface area (Å²) in [5, 5.41) is 5.20. The Morgan fingerprint density at radius 3 is 2.48 bits per heavy atom. The molecule has 7 heteroatoms. The van der Waals surface area contributed by atoms with Crippen LogP contribution in [-0.2, 0) is 16.6 Å². The summed E-state index contributed by atoms with van der Waals surface area (Å²) in [5.74, 6) is -1.23. The van der Waals surface area contributed by atoms with Crippen molar-refractivity contribution in [1.82, 2.24) is 15.5 Å². The number of alkyl halides is 2. The summed E-state index contributed by atoms with van der Waals surface area (Å²) < 4.78 is 27.4. The molecule has 0 bridgehead atoms. The van der Waals surface area contributed by atoms with Crippen LogP contribution in [0, 0.1) is 12.3 Å². The Bertz CT molecular complexity index is 906. The van der Waals surface area contributed by atoms with E-state index in [9.17, 15) is 18.4 Å². The number of nitrogens with zero attached hydrogens (tertiary/aromatic N) is 1. The van der Waals surface area contributed by atoms with E-state index in [-0.39, 0.29) is 5.41 Å². The Balaban J connectivity index is 1.39. The molecule has 1 saturated carbocycles. The molecular formula is C24H29F2N3O2. The molecule has 0 radical (unpaired) electrons. The fourth-order valence-corrected chi connectivity index (χ4v) is 4.98. The summed E-state index contributed by atoms with van der Waals surface area (Å²) in [6, 6.07) is 6.65. The highest BCUT2D eigenvalue weighted by atomic mass is 19.3. The topological polar surface area (TPSA) is 61.4 Å². The van der Waals surface area contributed by atoms with Gasteiger partial charge >= 0.3 is 6.03 Å². The van der Waals surface area contributed by atoms with Gasteiger partial charge in [0.2, 0.25) is 11.8 Å². The second-order valence-electron chi connectivity index (χ2n) is 9.42. The van der Waals surface area contributed by atoms with E-state index >= 15 is 0 Å². The number of nitrogens with one attached hydrogen (secondary N) is 2. The molecule has 5 nitrogen and oxygen atoms in total. The van der Waals surface area contributed by atoms with E-state index in [0.29, 0.717) is 25.9 Å². The number of halogens is 2. The molecule has 2 fully saturated rings. The van der Waals surface area contributed by atoms with Gasteiger partial charge in [0.25, 0.3) is 0 Å². The second kappa shape index (κ2) is 7.81. The highest BCUT2D eigenvalue weighted by Gasteiger charge is 2.45. The van der Waals surface area contributed by atoms with Gasteiger partial charge in [-0.3, -0.25) is 4.79 Å². The number of fused-ring (bicyclic) bond motifs is 2. The van der Waals surface area contributed by atoms with Crippen molar-refractivity contribution in [2.24, 2.45) is 0 Å². The number of benzene rings is 1. The molecule has 1 saturated heterocycles. The molecule has 2 aliphatic carbocycles. The Hall–Kier alpha value is -2.62. The molecule has 1 spiro atoms. The number of terminal acetylenes is 1. The molecular weight excluding hydrogens is 400 g/mol. The van der Waals surface area contributed by atoms with Crippen LogP contribution in [0.5, 0.6) is 0 Å². The van der Waals surface area contributed by atoms with Crippen LogP contribution in [0.4, 0.5) is 13.6 Å². The van der Waals surface area contributed by atoms with Crippen molar-refractivity contribution in [3.63, 3.8) is 0 Å². The second-order valence-corrected chi connectivity index (χ2v) is 9.42. The fourth-order valence-electron chi connectivity index (χ4n) is 4.98. The molecule has 2 N–H and O–H groups in total. The lowest BCUT2D eigenvalue weighted by Gasteiger charge is -2.40. The smallest absolute Gasteiger partial charge is 0.318 e. The summed E-state index contributed by atoms with van der Waals surface area (Å²) >= 11 is 0. The van der Waals surface area contributed by atoms with Crippen LogP contribution >= 0.6 is 0 Å². The van der Waals surface area contributed by atoms with E-state index in [1.807, 2.05) is 0 Å². The van der Waals surface area contributed by atoms with E-state index in [0.717, 1.165) is 32.6 Å². The molecule has 1 aliphatic heterocycles. The number of carbonyl (C=O) groups excluding carboxylic acids is 2. The predicted molar refractivity (Wildman–Crippen MR) is 114 cm³/mol. The first kappa shape index (κ1) is 21.6. The van der Waals surface area contributed by atoms with Crippen molar-refractivity contribution in [1.29, 1.82) is 0 Å². The number of rotatable bonds is 5. The van der Waals surface area contributed by atoms with Gasteiger partial charge in [0.05, 0.1) is 0 Å². The average Bonchev–Trinajstić information content (AvgIpc) is 3.42.